The Morgan fingerprint density at radius 3 is 2.85 bits per heavy atom. The van der Waals surface area contributed by atoms with Gasteiger partial charge in [0, 0.05) is 32.0 Å². The molecule has 3 N–H and O–H groups in total. The van der Waals surface area contributed by atoms with Crippen molar-refractivity contribution in [1.29, 1.82) is 0 Å². The van der Waals surface area contributed by atoms with Crippen molar-refractivity contribution in [3.05, 3.63) is 47.5 Å². The fraction of sp³-hybridized carbons (Fsp3) is 0.550. The lowest BCUT2D eigenvalue weighted by atomic mass is 9.94. The number of carbonyl (C=O) groups is 1. The molecule has 2 unspecified atom stereocenters. The van der Waals surface area contributed by atoms with Crippen LogP contribution in [0.2, 0.25) is 0 Å². The lowest BCUT2D eigenvalue weighted by Crippen LogP contribution is -2.36. The van der Waals surface area contributed by atoms with E-state index in [1.807, 2.05) is 37.3 Å². The van der Waals surface area contributed by atoms with Crippen LogP contribution in [0.3, 0.4) is 0 Å². The molecule has 6 heteroatoms. The first-order valence-electron chi connectivity index (χ1n) is 9.66. The summed E-state index contributed by atoms with van der Waals surface area (Å²) in [4.78, 5) is 12.4. The van der Waals surface area contributed by atoms with Crippen LogP contribution in [0.1, 0.15) is 55.9 Å². The molecule has 0 saturated heterocycles. The predicted molar refractivity (Wildman–Crippen MR) is 101 cm³/mol. The summed E-state index contributed by atoms with van der Waals surface area (Å²) in [6.07, 6.45) is 6.39. The Bertz CT molecular complexity index is 712. The van der Waals surface area contributed by atoms with Crippen LogP contribution in [0.5, 0.6) is 0 Å². The van der Waals surface area contributed by atoms with Gasteiger partial charge in [0.1, 0.15) is 11.6 Å². The normalized spacial score (nSPS) is 16.4. The first-order valence-corrected chi connectivity index (χ1v) is 9.66. The van der Waals surface area contributed by atoms with Gasteiger partial charge < -0.3 is 15.6 Å². The van der Waals surface area contributed by atoms with Crippen molar-refractivity contribution in [3.63, 3.8) is 0 Å². The van der Waals surface area contributed by atoms with Gasteiger partial charge in [-0.2, -0.15) is 0 Å². The third-order valence-electron chi connectivity index (χ3n) is 5.20. The van der Waals surface area contributed by atoms with Gasteiger partial charge in [0.15, 0.2) is 0 Å². The number of aromatic nitrogens is 3. The zero-order valence-corrected chi connectivity index (χ0v) is 15.5. The Labute approximate surface area is 155 Å². The van der Waals surface area contributed by atoms with Crippen LogP contribution in [0.4, 0.5) is 0 Å². The summed E-state index contributed by atoms with van der Waals surface area (Å²) in [5, 5.41) is 11.7. The third-order valence-corrected chi connectivity index (χ3v) is 5.20. The minimum Gasteiger partial charge on any atom is -0.356 e. The Morgan fingerprint density at radius 1 is 1.23 bits per heavy atom. The number of hydrogen-bond acceptors (Lipinski definition) is 4. The zero-order valence-electron chi connectivity index (χ0n) is 15.5. The van der Waals surface area contributed by atoms with Crippen LogP contribution in [0, 0.1) is 5.92 Å². The summed E-state index contributed by atoms with van der Waals surface area (Å²) in [5.41, 5.74) is 7.22. The van der Waals surface area contributed by atoms with Crippen LogP contribution < -0.4 is 11.1 Å². The van der Waals surface area contributed by atoms with Crippen LogP contribution in [0.15, 0.2) is 30.3 Å². The van der Waals surface area contributed by atoms with E-state index in [9.17, 15) is 4.79 Å². The highest BCUT2D eigenvalue weighted by atomic mass is 16.1. The molecule has 6 nitrogen and oxygen atoms in total. The first kappa shape index (κ1) is 18.6. The molecule has 0 spiro atoms. The zero-order chi connectivity index (χ0) is 18.4. The van der Waals surface area contributed by atoms with Crippen molar-refractivity contribution in [1.82, 2.24) is 20.1 Å². The summed E-state index contributed by atoms with van der Waals surface area (Å²) in [6, 6.07) is 9.48. The van der Waals surface area contributed by atoms with Crippen molar-refractivity contribution in [3.8, 4) is 0 Å². The van der Waals surface area contributed by atoms with Gasteiger partial charge in [-0.3, -0.25) is 4.79 Å². The van der Waals surface area contributed by atoms with E-state index in [0.717, 1.165) is 43.0 Å². The second kappa shape index (κ2) is 8.94. The molecule has 2 atom stereocenters. The monoisotopic (exact) mass is 355 g/mol. The van der Waals surface area contributed by atoms with E-state index in [-0.39, 0.29) is 17.9 Å². The average Bonchev–Trinajstić information content (AvgIpc) is 2.90. The molecule has 1 aliphatic heterocycles. The molecule has 1 aromatic carbocycles. The number of nitrogens with one attached hydrogen (secondary N) is 1. The molecule has 1 aromatic heterocycles. The predicted octanol–water partition coefficient (Wildman–Crippen LogP) is 2.39. The molecule has 0 fully saturated rings. The molecule has 0 saturated carbocycles. The molecular formula is C20H29N5O. The largest absolute Gasteiger partial charge is 0.356 e. The fourth-order valence-electron chi connectivity index (χ4n) is 3.48. The van der Waals surface area contributed by atoms with Crippen molar-refractivity contribution in [2.75, 3.05) is 6.54 Å². The summed E-state index contributed by atoms with van der Waals surface area (Å²) < 4.78 is 2.27. The van der Waals surface area contributed by atoms with E-state index in [2.05, 4.69) is 20.1 Å². The molecule has 140 valence electrons. The molecular weight excluding hydrogens is 326 g/mol. The maximum Gasteiger partial charge on any atom is 0.224 e. The number of amides is 1. The highest BCUT2D eigenvalue weighted by Crippen LogP contribution is 2.19. The molecule has 2 heterocycles. The van der Waals surface area contributed by atoms with E-state index in [4.69, 9.17) is 5.73 Å². The van der Waals surface area contributed by atoms with Crippen LogP contribution in [-0.2, 0) is 24.2 Å². The lowest BCUT2D eigenvalue weighted by Gasteiger charge is -2.19. The highest BCUT2D eigenvalue weighted by molar-refractivity contribution is 5.79. The summed E-state index contributed by atoms with van der Waals surface area (Å²) >= 11 is 0. The fourth-order valence-corrected chi connectivity index (χ4v) is 3.48. The molecule has 1 aliphatic rings. The van der Waals surface area contributed by atoms with E-state index >= 15 is 0 Å². The highest BCUT2D eigenvalue weighted by Gasteiger charge is 2.21. The van der Waals surface area contributed by atoms with Gasteiger partial charge in [-0.25, -0.2) is 0 Å². The van der Waals surface area contributed by atoms with E-state index in [1.54, 1.807) is 0 Å². The molecule has 1 amide bonds. The van der Waals surface area contributed by atoms with E-state index < -0.39 is 0 Å². The number of carbonyl (C=O) groups excluding carboxylic acids is 1. The Balaban J connectivity index is 1.45. The Kier molecular flexibility index (Phi) is 6.39. The maximum atomic E-state index is 12.4. The SMILES string of the molecule is CC(C(=O)NCCCc1nnc2n1CCCCC2)C(N)c1ccccc1. The maximum absolute atomic E-state index is 12.4. The average molecular weight is 355 g/mol. The van der Waals surface area contributed by atoms with Crippen LogP contribution in [0.25, 0.3) is 0 Å². The second-order valence-corrected chi connectivity index (χ2v) is 7.11. The molecule has 0 radical (unpaired) electrons. The van der Waals surface area contributed by atoms with Gasteiger partial charge in [-0.05, 0) is 24.8 Å². The summed E-state index contributed by atoms with van der Waals surface area (Å²) in [7, 11) is 0. The van der Waals surface area contributed by atoms with Gasteiger partial charge in [-0.1, -0.05) is 43.7 Å². The number of nitrogens with two attached hydrogens (primary N) is 1. The van der Waals surface area contributed by atoms with Crippen molar-refractivity contribution in [2.45, 2.75) is 58.0 Å². The number of hydrogen-bond donors (Lipinski definition) is 2. The number of aryl methyl sites for hydroxylation is 2. The third kappa shape index (κ3) is 4.49. The second-order valence-electron chi connectivity index (χ2n) is 7.11. The minimum atomic E-state index is -0.288. The van der Waals surface area contributed by atoms with Gasteiger partial charge >= 0.3 is 0 Å². The Morgan fingerprint density at radius 2 is 2.04 bits per heavy atom. The van der Waals surface area contributed by atoms with E-state index in [1.165, 1.54) is 19.3 Å². The number of benzene rings is 1. The first-order chi connectivity index (χ1) is 12.7. The van der Waals surface area contributed by atoms with Gasteiger partial charge in [0.25, 0.3) is 0 Å². The van der Waals surface area contributed by atoms with Gasteiger partial charge in [0.05, 0.1) is 5.92 Å². The quantitative estimate of drug-likeness (QED) is 0.747. The standard InChI is InChI=1S/C20H29N5O/c1-15(19(21)16-9-4-2-5-10-16)20(26)22-13-8-12-18-24-23-17-11-6-3-7-14-25(17)18/h2,4-5,9-10,15,19H,3,6-8,11-14,21H2,1H3,(H,22,26). The lowest BCUT2D eigenvalue weighted by molar-refractivity contribution is -0.125. The smallest absolute Gasteiger partial charge is 0.224 e. The van der Waals surface area contributed by atoms with Crippen molar-refractivity contribution >= 4 is 5.91 Å². The molecule has 3 rings (SSSR count). The van der Waals surface area contributed by atoms with Crippen molar-refractivity contribution < 1.29 is 4.79 Å². The van der Waals surface area contributed by atoms with Crippen molar-refractivity contribution in [2.24, 2.45) is 11.7 Å². The minimum absolute atomic E-state index is 0.00132. The topological polar surface area (TPSA) is 85.8 Å². The van der Waals surface area contributed by atoms with Crippen LogP contribution in [-0.4, -0.2) is 27.2 Å². The van der Waals surface area contributed by atoms with E-state index in [0.29, 0.717) is 6.54 Å². The number of fused-ring (bicyclic) bond motifs is 1. The molecule has 2 aromatic rings. The number of nitrogens with zero attached hydrogens (tertiary/aromatic N) is 3. The van der Waals surface area contributed by atoms with Gasteiger partial charge in [-0.15, -0.1) is 10.2 Å². The van der Waals surface area contributed by atoms with Crippen LogP contribution >= 0.6 is 0 Å². The Hall–Kier alpha value is -2.21. The van der Waals surface area contributed by atoms with Gasteiger partial charge in [0.2, 0.25) is 5.91 Å². The molecule has 0 bridgehead atoms. The molecule has 0 aliphatic carbocycles. The summed E-state index contributed by atoms with van der Waals surface area (Å²) in [6.45, 7) is 3.53. The number of rotatable bonds is 7. The molecule has 26 heavy (non-hydrogen) atoms. The summed E-state index contributed by atoms with van der Waals surface area (Å²) in [5.74, 6) is 1.90.